The summed E-state index contributed by atoms with van der Waals surface area (Å²) in [5.41, 5.74) is 0.603. The maximum absolute atomic E-state index is 12.9. The molecule has 2 amide bonds. The Balaban J connectivity index is 1.27. The van der Waals surface area contributed by atoms with Crippen molar-refractivity contribution in [1.82, 2.24) is 24.8 Å². The highest BCUT2D eigenvalue weighted by atomic mass is 16.2. The van der Waals surface area contributed by atoms with E-state index in [1.165, 1.54) is 0 Å². The molecule has 8 nitrogen and oxygen atoms in total. The van der Waals surface area contributed by atoms with Crippen LogP contribution in [-0.4, -0.2) is 75.8 Å². The van der Waals surface area contributed by atoms with Crippen LogP contribution >= 0.6 is 0 Å². The minimum atomic E-state index is -0.00419. The van der Waals surface area contributed by atoms with Gasteiger partial charge in [0.2, 0.25) is 11.9 Å². The Bertz CT molecular complexity index is 800. The molecule has 0 aliphatic carbocycles. The second kappa shape index (κ2) is 8.33. The number of hydrogen-bond acceptors (Lipinski definition) is 6. The number of aromatic nitrogens is 3. The molecule has 8 heteroatoms. The molecule has 2 aromatic rings. The summed E-state index contributed by atoms with van der Waals surface area (Å²) in [6.45, 7) is 4.09. The van der Waals surface area contributed by atoms with Crippen molar-refractivity contribution in [3.05, 3.63) is 48.5 Å². The van der Waals surface area contributed by atoms with Crippen LogP contribution in [0.5, 0.6) is 0 Å². The van der Waals surface area contributed by atoms with E-state index in [0.717, 1.165) is 19.0 Å². The normalized spacial score (nSPS) is 18.2. The molecule has 0 aromatic carbocycles. The summed E-state index contributed by atoms with van der Waals surface area (Å²) in [7, 11) is 0. The van der Waals surface area contributed by atoms with Gasteiger partial charge < -0.3 is 14.7 Å². The lowest BCUT2D eigenvalue weighted by atomic mass is 9.94. The van der Waals surface area contributed by atoms with Gasteiger partial charge in [0.05, 0.1) is 5.56 Å². The van der Waals surface area contributed by atoms with E-state index in [-0.39, 0.29) is 17.7 Å². The molecule has 0 unspecified atom stereocenters. The van der Waals surface area contributed by atoms with Crippen LogP contribution in [-0.2, 0) is 4.79 Å². The van der Waals surface area contributed by atoms with Gasteiger partial charge in [0.25, 0.3) is 5.91 Å². The lowest BCUT2D eigenvalue weighted by Gasteiger charge is -2.38. The number of carbonyl (C=O) groups is 2. The Morgan fingerprint density at radius 3 is 2.21 bits per heavy atom. The Morgan fingerprint density at radius 2 is 1.57 bits per heavy atom. The van der Waals surface area contributed by atoms with E-state index in [2.05, 4.69) is 19.9 Å². The smallest absolute Gasteiger partial charge is 0.255 e. The third-order valence-corrected chi connectivity index (χ3v) is 5.47. The van der Waals surface area contributed by atoms with Gasteiger partial charge in [0.1, 0.15) is 0 Å². The number of piperidine rings is 1. The number of amides is 2. The van der Waals surface area contributed by atoms with Crippen LogP contribution in [0.15, 0.2) is 43.0 Å². The molecule has 2 saturated heterocycles. The first-order valence-corrected chi connectivity index (χ1v) is 9.72. The number of piperazine rings is 1. The predicted molar refractivity (Wildman–Crippen MR) is 104 cm³/mol. The Hall–Kier alpha value is -3.03. The molecule has 2 aliphatic heterocycles. The highest BCUT2D eigenvalue weighted by molar-refractivity contribution is 5.94. The largest absolute Gasteiger partial charge is 0.339 e. The van der Waals surface area contributed by atoms with E-state index in [4.69, 9.17) is 0 Å². The minimum absolute atomic E-state index is 0.00234. The molecule has 2 fully saturated rings. The third kappa shape index (κ3) is 3.95. The van der Waals surface area contributed by atoms with E-state index in [1.807, 2.05) is 9.80 Å². The molecule has 146 valence electrons. The van der Waals surface area contributed by atoms with Crippen molar-refractivity contribution in [2.75, 3.05) is 44.2 Å². The van der Waals surface area contributed by atoms with E-state index < -0.39 is 0 Å². The van der Waals surface area contributed by atoms with Crippen LogP contribution < -0.4 is 4.90 Å². The molecule has 0 N–H and O–H groups in total. The van der Waals surface area contributed by atoms with Crippen molar-refractivity contribution in [2.24, 2.45) is 5.92 Å². The minimum Gasteiger partial charge on any atom is -0.339 e. The molecule has 0 bridgehead atoms. The zero-order valence-corrected chi connectivity index (χ0v) is 15.8. The van der Waals surface area contributed by atoms with Crippen molar-refractivity contribution in [3.63, 3.8) is 0 Å². The van der Waals surface area contributed by atoms with Gasteiger partial charge in [-0.1, -0.05) is 0 Å². The number of likely N-dealkylation sites (tertiary alicyclic amines) is 1. The number of nitrogens with zero attached hydrogens (tertiary/aromatic N) is 6. The fourth-order valence-electron chi connectivity index (χ4n) is 3.84. The van der Waals surface area contributed by atoms with Crippen LogP contribution in [0.2, 0.25) is 0 Å². The summed E-state index contributed by atoms with van der Waals surface area (Å²) >= 11 is 0. The molecule has 0 saturated carbocycles. The first kappa shape index (κ1) is 18.3. The molecule has 0 spiro atoms. The van der Waals surface area contributed by atoms with Gasteiger partial charge >= 0.3 is 0 Å². The Kier molecular flexibility index (Phi) is 5.45. The molecular weight excluding hydrogens is 356 g/mol. The Morgan fingerprint density at radius 1 is 0.857 bits per heavy atom. The average Bonchev–Trinajstić information content (AvgIpc) is 2.79. The van der Waals surface area contributed by atoms with Crippen molar-refractivity contribution in [3.8, 4) is 0 Å². The van der Waals surface area contributed by atoms with Gasteiger partial charge in [-0.25, -0.2) is 9.97 Å². The van der Waals surface area contributed by atoms with Gasteiger partial charge in [-0.05, 0) is 31.0 Å². The summed E-state index contributed by atoms with van der Waals surface area (Å²) < 4.78 is 0. The average molecular weight is 380 g/mol. The zero-order chi connectivity index (χ0) is 19.3. The van der Waals surface area contributed by atoms with Gasteiger partial charge in [-0.2, -0.15) is 0 Å². The van der Waals surface area contributed by atoms with Gasteiger partial charge in [-0.3, -0.25) is 14.6 Å². The monoisotopic (exact) mass is 380 g/mol. The van der Waals surface area contributed by atoms with Crippen molar-refractivity contribution >= 4 is 17.8 Å². The standard InChI is InChI=1S/C20H24N6O2/c27-18(25-11-13-26(14-12-25)20-22-7-2-8-23-20)16-4-9-24(10-5-16)19(28)17-3-1-6-21-15-17/h1-3,6-8,15-16H,4-5,9-14H2. The second-order valence-electron chi connectivity index (χ2n) is 7.17. The van der Waals surface area contributed by atoms with E-state index in [9.17, 15) is 9.59 Å². The lowest BCUT2D eigenvalue weighted by molar-refractivity contribution is -0.137. The second-order valence-corrected chi connectivity index (χ2v) is 7.17. The lowest BCUT2D eigenvalue weighted by Crippen LogP contribution is -2.52. The molecule has 2 aromatic heterocycles. The fourth-order valence-corrected chi connectivity index (χ4v) is 3.84. The molecule has 4 heterocycles. The van der Waals surface area contributed by atoms with Crippen LogP contribution in [0.25, 0.3) is 0 Å². The number of hydrogen-bond donors (Lipinski definition) is 0. The van der Waals surface area contributed by atoms with Gasteiger partial charge in [0.15, 0.2) is 0 Å². The molecular formula is C20H24N6O2. The van der Waals surface area contributed by atoms with E-state index >= 15 is 0 Å². The van der Waals surface area contributed by atoms with E-state index in [1.54, 1.807) is 43.0 Å². The van der Waals surface area contributed by atoms with Crippen LogP contribution in [0.1, 0.15) is 23.2 Å². The van der Waals surface area contributed by atoms with E-state index in [0.29, 0.717) is 44.6 Å². The summed E-state index contributed by atoms with van der Waals surface area (Å²) in [6.07, 6.45) is 8.15. The first-order valence-electron chi connectivity index (χ1n) is 9.72. The SMILES string of the molecule is O=C(c1cccnc1)N1CCC(C(=O)N2CCN(c3ncccn3)CC2)CC1. The summed E-state index contributed by atoms with van der Waals surface area (Å²) in [5, 5.41) is 0. The molecule has 28 heavy (non-hydrogen) atoms. The predicted octanol–water partition coefficient (Wildman–Crippen LogP) is 1.07. The van der Waals surface area contributed by atoms with Crippen LogP contribution in [0.4, 0.5) is 5.95 Å². The number of pyridine rings is 1. The molecule has 4 rings (SSSR count). The van der Waals surface area contributed by atoms with Crippen molar-refractivity contribution in [2.45, 2.75) is 12.8 Å². The summed E-state index contributed by atoms with van der Waals surface area (Å²) in [5.74, 6) is 0.923. The number of anilines is 1. The van der Waals surface area contributed by atoms with Crippen LogP contribution in [0, 0.1) is 5.92 Å². The van der Waals surface area contributed by atoms with Gasteiger partial charge in [0, 0.05) is 70.0 Å². The quantitative estimate of drug-likeness (QED) is 0.792. The van der Waals surface area contributed by atoms with Crippen molar-refractivity contribution < 1.29 is 9.59 Å². The van der Waals surface area contributed by atoms with Gasteiger partial charge in [-0.15, -0.1) is 0 Å². The first-order chi connectivity index (χ1) is 13.7. The number of carbonyl (C=O) groups excluding carboxylic acids is 2. The molecule has 0 atom stereocenters. The topological polar surface area (TPSA) is 82.5 Å². The number of rotatable bonds is 3. The molecule has 0 radical (unpaired) electrons. The highest BCUT2D eigenvalue weighted by Crippen LogP contribution is 2.22. The molecule has 2 aliphatic rings. The fraction of sp³-hybridized carbons (Fsp3) is 0.450. The zero-order valence-electron chi connectivity index (χ0n) is 15.8. The van der Waals surface area contributed by atoms with Crippen LogP contribution in [0.3, 0.4) is 0 Å². The Labute approximate surface area is 164 Å². The highest BCUT2D eigenvalue weighted by Gasteiger charge is 2.32. The summed E-state index contributed by atoms with van der Waals surface area (Å²) in [4.78, 5) is 43.9. The maximum atomic E-state index is 12.9. The third-order valence-electron chi connectivity index (χ3n) is 5.47. The summed E-state index contributed by atoms with van der Waals surface area (Å²) in [6, 6.07) is 5.35. The van der Waals surface area contributed by atoms with Crippen molar-refractivity contribution in [1.29, 1.82) is 0 Å². The maximum Gasteiger partial charge on any atom is 0.255 e.